The van der Waals surface area contributed by atoms with Crippen molar-refractivity contribution in [3.63, 3.8) is 0 Å². The predicted molar refractivity (Wildman–Crippen MR) is 117 cm³/mol. The first kappa shape index (κ1) is 20.6. The molecule has 0 saturated carbocycles. The van der Waals surface area contributed by atoms with Gasteiger partial charge in [0.2, 0.25) is 10.1 Å². The van der Waals surface area contributed by atoms with Gasteiger partial charge in [-0.2, -0.15) is 4.52 Å². The van der Waals surface area contributed by atoms with Crippen molar-refractivity contribution >= 4 is 27.3 Å². The molecule has 0 bridgehead atoms. The number of benzene rings is 2. The van der Waals surface area contributed by atoms with E-state index < -0.39 is 6.10 Å². The molecule has 2 aromatic carbocycles. The number of aryl methyl sites for hydroxylation is 1. The van der Waals surface area contributed by atoms with Crippen molar-refractivity contribution < 1.29 is 19.0 Å². The van der Waals surface area contributed by atoms with E-state index in [1.165, 1.54) is 11.3 Å². The Hall–Kier alpha value is -3.66. The summed E-state index contributed by atoms with van der Waals surface area (Å²) in [5.41, 5.74) is 1.81. The Balaban J connectivity index is 1.53. The lowest BCUT2D eigenvalue weighted by atomic mass is 10.2. The number of hydrogen-bond acceptors (Lipinski definition) is 8. The van der Waals surface area contributed by atoms with Crippen LogP contribution in [0.3, 0.4) is 0 Å². The van der Waals surface area contributed by atoms with Crippen LogP contribution in [0.1, 0.15) is 12.5 Å². The standard InChI is InChI=1S/C21H21N5O4S/c1-12-6-5-7-15(10-12)30-13(2)19(27)22-20-25-26-18(23-24-21(26)31-20)14-8-9-16(28-3)17(11-14)29-4/h5-11,13H,1-4H3,(H,22,25,27)/t13-/m0/s1. The molecular weight excluding hydrogens is 418 g/mol. The zero-order valence-corrected chi connectivity index (χ0v) is 18.3. The van der Waals surface area contributed by atoms with Crippen LogP contribution in [-0.2, 0) is 4.79 Å². The summed E-state index contributed by atoms with van der Waals surface area (Å²) < 4.78 is 17.9. The van der Waals surface area contributed by atoms with Crippen molar-refractivity contribution in [1.82, 2.24) is 19.8 Å². The van der Waals surface area contributed by atoms with Crippen molar-refractivity contribution in [1.29, 1.82) is 0 Å². The maximum absolute atomic E-state index is 12.6. The van der Waals surface area contributed by atoms with Crippen LogP contribution >= 0.6 is 11.3 Å². The predicted octanol–water partition coefficient (Wildman–Crippen LogP) is 3.58. The largest absolute Gasteiger partial charge is 0.493 e. The fourth-order valence-corrected chi connectivity index (χ4v) is 3.72. The number of methoxy groups -OCH3 is 2. The van der Waals surface area contributed by atoms with Gasteiger partial charge in [-0.1, -0.05) is 23.5 Å². The van der Waals surface area contributed by atoms with E-state index >= 15 is 0 Å². The van der Waals surface area contributed by atoms with Gasteiger partial charge >= 0.3 is 0 Å². The van der Waals surface area contributed by atoms with Crippen LogP contribution in [0.4, 0.5) is 5.13 Å². The second-order valence-corrected chi connectivity index (χ2v) is 7.72. The molecule has 2 heterocycles. The molecule has 31 heavy (non-hydrogen) atoms. The van der Waals surface area contributed by atoms with E-state index in [0.717, 1.165) is 11.1 Å². The summed E-state index contributed by atoms with van der Waals surface area (Å²) >= 11 is 1.22. The monoisotopic (exact) mass is 439 g/mol. The van der Waals surface area contributed by atoms with Gasteiger partial charge in [0.05, 0.1) is 14.2 Å². The van der Waals surface area contributed by atoms with Crippen molar-refractivity contribution in [2.45, 2.75) is 20.0 Å². The SMILES string of the molecule is COc1ccc(-c2nnc3sc(NC(=O)[C@H](C)Oc4cccc(C)c4)nn23)cc1OC. The summed E-state index contributed by atoms with van der Waals surface area (Å²) in [5, 5.41) is 16.0. The zero-order chi connectivity index (χ0) is 22.0. The minimum atomic E-state index is -0.693. The highest BCUT2D eigenvalue weighted by atomic mass is 32.1. The fraction of sp³-hybridized carbons (Fsp3) is 0.238. The van der Waals surface area contributed by atoms with Crippen LogP contribution in [0.15, 0.2) is 42.5 Å². The molecule has 0 fully saturated rings. The average Bonchev–Trinajstić information content (AvgIpc) is 3.33. The molecule has 0 aliphatic rings. The minimum absolute atomic E-state index is 0.306. The third-order valence-corrected chi connectivity index (χ3v) is 5.35. The van der Waals surface area contributed by atoms with Gasteiger partial charge in [0, 0.05) is 5.56 Å². The number of hydrogen-bond donors (Lipinski definition) is 1. The Morgan fingerprint density at radius 2 is 1.90 bits per heavy atom. The Labute approximate surface area is 182 Å². The highest BCUT2D eigenvalue weighted by Gasteiger charge is 2.20. The maximum atomic E-state index is 12.6. The molecule has 0 saturated heterocycles. The second-order valence-electron chi connectivity index (χ2n) is 6.76. The molecule has 160 valence electrons. The summed E-state index contributed by atoms with van der Waals surface area (Å²) in [6.45, 7) is 3.65. The van der Waals surface area contributed by atoms with E-state index in [4.69, 9.17) is 14.2 Å². The Morgan fingerprint density at radius 3 is 2.65 bits per heavy atom. The van der Waals surface area contributed by atoms with E-state index in [1.54, 1.807) is 37.8 Å². The van der Waals surface area contributed by atoms with Gasteiger partial charge in [-0.05, 0) is 49.7 Å². The van der Waals surface area contributed by atoms with Crippen LogP contribution in [0.25, 0.3) is 16.3 Å². The van der Waals surface area contributed by atoms with E-state index in [2.05, 4.69) is 20.6 Å². The lowest BCUT2D eigenvalue weighted by Gasteiger charge is -2.13. The van der Waals surface area contributed by atoms with E-state index in [1.807, 2.05) is 37.3 Å². The number of fused-ring (bicyclic) bond motifs is 1. The fourth-order valence-electron chi connectivity index (χ4n) is 2.98. The van der Waals surface area contributed by atoms with Gasteiger partial charge in [0.1, 0.15) is 5.75 Å². The van der Waals surface area contributed by atoms with Crippen LogP contribution in [0.5, 0.6) is 17.2 Å². The number of anilines is 1. The molecule has 9 nitrogen and oxygen atoms in total. The highest BCUT2D eigenvalue weighted by molar-refractivity contribution is 7.20. The van der Waals surface area contributed by atoms with Gasteiger partial charge in [0.25, 0.3) is 5.91 Å². The number of aromatic nitrogens is 4. The zero-order valence-electron chi connectivity index (χ0n) is 17.4. The number of carbonyl (C=O) groups is 1. The molecule has 1 amide bonds. The molecule has 10 heteroatoms. The first-order valence-electron chi connectivity index (χ1n) is 9.47. The molecule has 1 N–H and O–H groups in total. The number of amides is 1. The molecule has 2 aromatic heterocycles. The average molecular weight is 439 g/mol. The number of carbonyl (C=O) groups excluding carboxylic acids is 1. The molecule has 0 radical (unpaired) electrons. The van der Waals surface area contributed by atoms with Crippen molar-refractivity contribution in [2.75, 3.05) is 19.5 Å². The summed E-state index contributed by atoms with van der Waals surface area (Å²) in [5.74, 6) is 2.04. The molecule has 0 unspecified atom stereocenters. The van der Waals surface area contributed by atoms with Crippen molar-refractivity contribution in [3.05, 3.63) is 48.0 Å². The van der Waals surface area contributed by atoms with E-state index in [0.29, 0.717) is 33.2 Å². The molecule has 4 aromatic rings. The van der Waals surface area contributed by atoms with Crippen LogP contribution in [0.2, 0.25) is 0 Å². The maximum Gasteiger partial charge on any atom is 0.266 e. The Kier molecular flexibility index (Phi) is 5.72. The summed E-state index contributed by atoms with van der Waals surface area (Å²) in [7, 11) is 3.14. The molecule has 0 aliphatic heterocycles. The van der Waals surface area contributed by atoms with Crippen molar-refractivity contribution in [3.8, 4) is 28.6 Å². The third kappa shape index (κ3) is 4.29. The van der Waals surface area contributed by atoms with E-state index in [-0.39, 0.29) is 5.91 Å². The molecule has 0 spiro atoms. The van der Waals surface area contributed by atoms with Crippen LogP contribution in [0, 0.1) is 6.92 Å². The third-order valence-electron chi connectivity index (χ3n) is 4.53. The molecule has 0 aliphatic carbocycles. The first-order chi connectivity index (χ1) is 15.0. The minimum Gasteiger partial charge on any atom is -0.493 e. The highest BCUT2D eigenvalue weighted by Crippen LogP contribution is 2.32. The number of nitrogens with one attached hydrogen (secondary N) is 1. The normalized spacial score (nSPS) is 11.9. The number of ether oxygens (including phenoxy) is 3. The Bertz CT molecular complexity index is 1240. The summed E-state index contributed by atoms with van der Waals surface area (Å²) in [6, 6.07) is 13.0. The van der Waals surface area contributed by atoms with Gasteiger partial charge < -0.3 is 14.2 Å². The summed E-state index contributed by atoms with van der Waals surface area (Å²) in [6.07, 6.45) is -0.693. The quantitative estimate of drug-likeness (QED) is 0.470. The van der Waals surface area contributed by atoms with Crippen LogP contribution < -0.4 is 19.5 Å². The summed E-state index contributed by atoms with van der Waals surface area (Å²) in [4.78, 5) is 13.1. The Morgan fingerprint density at radius 1 is 1.10 bits per heavy atom. The topological polar surface area (TPSA) is 99.9 Å². The van der Waals surface area contributed by atoms with Gasteiger partial charge in [-0.25, -0.2) is 0 Å². The van der Waals surface area contributed by atoms with Gasteiger partial charge in [0.15, 0.2) is 23.4 Å². The van der Waals surface area contributed by atoms with Crippen molar-refractivity contribution in [2.24, 2.45) is 0 Å². The lowest BCUT2D eigenvalue weighted by Crippen LogP contribution is -2.30. The smallest absolute Gasteiger partial charge is 0.266 e. The van der Waals surface area contributed by atoms with E-state index in [9.17, 15) is 4.79 Å². The van der Waals surface area contributed by atoms with Gasteiger partial charge in [-0.3, -0.25) is 10.1 Å². The van der Waals surface area contributed by atoms with Gasteiger partial charge in [-0.15, -0.1) is 15.3 Å². The molecule has 1 atom stereocenters. The lowest BCUT2D eigenvalue weighted by molar-refractivity contribution is -0.122. The number of nitrogens with zero attached hydrogens (tertiary/aromatic N) is 4. The molecular formula is C21H21N5O4S. The second kappa shape index (κ2) is 8.60. The molecule has 4 rings (SSSR count). The first-order valence-corrected chi connectivity index (χ1v) is 10.3. The van der Waals surface area contributed by atoms with Crippen LogP contribution in [-0.4, -0.2) is 46.0 Å². The number of rotatable bonds is 7.